The van der Waals surface area contributed by atoms with Gasteiger partial charge in [-0.3, -0.25) is 14.3 Å². The van der Waals surface area contributed by atoms with E-state index in [1.54, 1.807) is 0 Å². The summed E-state index contributed by atoms with van der Waals surface area (Å²) < 4.78 is 28.9. The molecule has 0 radical (unpaired) electrons. The Kier molecular flexibility index (Phi) is 3.69. The number of aromatic amines is 1. The summed E-state index contributed by atoms with van der Waals surface area (Å²) in [5, 5.41) is 10.2. The molecule has 4 N–H and O–H groups in total. The topological polar surface area (TPSA) is 128 Å². The molecule has 0 amide bonds. The molecule has 5 atom stereocenters. The predicted octanol–water partition coefficient (Wildman–Crippen LogP) is 1.07. The van der Waals surface area contributed by atoms with Crippen molar-refractivity contribution in [3.63, 3.8) is 0 Å². The highest BCUT2D eigenvalue weighted by molar-refractivity contribution is 6.74. The number of fused-ring (bicyclic) bond motifs is 2. The maximum Gasteiger partial charge on any atom is 0.280 e. The Balaban J connectivity index is 1.71. The van der Waals surface area contributed by atoms with E-state index in [1.165, 1.54) is 10.9 Å². The van der Waals surface area contributed by atoms with Crippen molar-refractivity contribution in [2.75, 3.05) is 5.73 Å². The number of hydrogen-bond acceptors (Lipinski definition) is 7. The molecule has 1 saturated carbocycles. The summed E-state index contributed by atoms with van der Waals surface area (Å²) in [5.41, 5.74) is 3.85. The molecule has 2 aromatic rings. The van der Waals surface area contributed by atoms with Crippen LogP contribution in [-0.2, 0) is 9.16 Å². The molecule has 2 aromatic heterocycles. The number of nitrogen functional groups attached to an aromatic ring is 1. The number of halogens is 1. The molecule has 27 heavy (non-hydrogen) atoms. The number of imidazole rings is 1. The first-order chi connectivity index (χ1) is 12.4. The zero-order chi connectivity index (χ0) is 19.9. The third-order valence-corrected chi connectivity index (χ3v) is 10.5. The fraction of sp³-hybridized carbons (Fsp3) is 0.688. The van der Waals surface area contributed by atoms with Crippen molar-refractivity contribution in [1.82, 2.24) is 19.5 Å². The van der Waals surface area contributed by atoms with Crippen LogP contribution in [0.5, 0.6) is 0 Å². The molecule has 148 valence electrons. The Bertz CT molecular complexity index is 970. The smallest absolute Gasteiger partial charge is 0.280 e. The van der Waals surface area contributed by atoms with Gasteiger partial charge in [0.2, 0.25) is 5.95 Å². The van der Waals surface area contributed by atoms with Gasteiger partial charge in [0.1, 0.15) is 17.8 Å². The number of aliphatic hydroxyl groups is 1. The van der Waals surface area contributed by atoms with Crippen LogP contribution in [0.3, 0.4) is 0 Å². The summed E-state index contributed by atoms with van der Waals surface area (Å²) in [6.45, 7) is 10.1. The Labute approximate surface area is 155 Å². The number of aliphatic hydroxyl groups excluding tert-OH is 1. The van der Waals surface area contributed by atoms with Gasteiger partial charge in [0.05, 0.1) is 6.33 Å². The van der Waals surface area contributed by atoms with Crippen LogP contribution in [0.4, 0.5) is 10.3 Å². The summed E-state index contributed by atoms with van der Waals surface area (Å²) in [5.74, 6) is -0.0971. The number of rotatable bonds is 3. The third kappa shape index (κ3) is 2.41. The van der Waals surface area contributed by atoms with E-state index in [-0.39, 0.29) is 22.2 Å². The lowest BCUT2D eigenvalue weighted by atomic mass is 10.2. The second-order valence-corrected chi connectivity index (χ2v) is 13.5. The Morgan fingerprint density at radius 1 is 1.48 bits per heavy atom. The molecule has 0 spiro atoms. The lowest BCUT2D eigenvalue weighted by Crippen LogP contribution is -2.49. The number of nitrogens with two attached hydrogens (primary N) is 1. The standard InChI is InChI=1S/C16H24FN5O4Si/c1-15(2,3)27(4,5)26-16-8(17)13(25-10(16)9(16)23)22-6-19-7-11(22)20-14(18)21-12(7)24/h6,8-10,13,23H,1-5H3,(H3,18,20,21,24)/t8-,9?,10+,13+,16?/m0/s1. The van der Waals surface area contributed by atoms with E-state index < -0.39 is 44.1 Å². The summed E-state index contributed by atoms with van der Waals surface area (Å²) in [7, 11) is -2.37. The molecule has 2 aliphatic rings. The van der Waals surface area contributed by atoms with E-state index in [1.807, 2.05) is 33.9 Å². The maximum absolute atomic E-state index is 15.6. The molecule has 1 saturated heterocycles. The van der Waals surface area contributed by atoms with Gasteiger partial charge in [-0.05, 0) is 18.1 Å². The second kappa shape index (κ2) is 5.37. The summed E-state index contributed by atoms with van der Waals surface area (Å²) in [4.78, 5) is 22.3. The van der Waals surface area contributed by atoms with Gasteiger partial charge in [-0.2, -0.15) is 4.98 Å². The molecular weight excluding hydrogens is 373 g/mol. The number of H-pyrrole nitrogens is 1. The van der Waals surface area contributed by atoms with E-state index in [9.17, 15) is 9.90 Å². The van der Waals surface area contributed by atoms with Gasteiger partial charge in [-0.1, -0.05) is 20.8 Å². The molecule has 2 unspecified atom stereocenters. The molecule has 9 nitrogen and oxygen atoms in total. The summed E-state index contributed by atoms with van der Waals surface area (Å²) >= 11 is 0. The fourth-order valence-electron chi connectivity index (χ4n) is 3.38. The van der Waals surface area contributed by atoms with Crippen LogP contribution < -0.4 is 11.3 Å². The lowest BCUT2D eigenvalue weighted by molar-refractivity contribution is -0.0586. The Morgan fingerprint density at radius 2 is 2.15 bits per heavy atom. The average Bonchev–Trinajstić information content (AvgIpc) is 2.85. The predicted molar refractivity (Wildman–Crippen MR) is 98.4 cm³/mol. The highest BCUT2D eigenvalue weighted by Crippen LogP contribution is 2.60. The molecule has 4 rings (SSSR count). The number of anilines is 1. The van der Waals surface area contributed by atoms with Crippen LogP contribution in [0.1, 0.15) is 27.0 Å². The van der Waals surface area contributed by atoms with Crippen molar-refractivity contribution in [1.29, 1.82) is 0 Å². The maximum atomic E-state index is 15.6. The van der Waals surface area contributed by atoms with E-state index in [0.717, 1.165) is 0 Å². The summed E-state index contributed by atoms with van der Waals surface area (Å²) in [6, 6.07) is 0. The number of nitrogens with zero attached hydrogens (tertiary/aromatic N) is 3. The van der Waals surface area contributed by atoms with Gasteiger partial charge in [0, 0.05) is 0 Å². The van der Waals surface area contributed by atoms with Gasteiger partial charge in [0.15, 0.2) is 31.9 Å². The van der Waals surface area contributed by atoms with E-state index in [2.05, 4.69) is 15.0 Å². The van der Waals surface area contributed by atoms with Crippen LogP contribution in [-0.4, -0.2) is 56.9 Å². The average molecular weight is 397 g/mol. The SMILES string of the molecule is CC(C)(C)[Si](C)(C)OC12C(O)[C@H]1O[C@@H](n1cnc3c(=O)[nH]c(N)nc31)[C@@H]2F. The summed E-state index contributed by atoms with van der Waals surface area (Å²) in [6.07, 6.45) is -3.27. The quantitative estimate of drug-likeness (QED) is 0.661. The van der Waals surface area contributed by atoms with Gasteiger partial charge >= 0.3 is 0 Å². The molecule has 0 aromatic carbocycles. The largest absolute Gasteiger partial charge is 0.403 e. The monoisotopic (exact) mass is 397 g/mol. The number of aromatic nitrogens is 4. The first-order valence-corrected chi connectivity index (χ1v) is 11.7. The van der Waals surface area contributed by atoms with E-state index in [4.69, 9.17) is 14.9 Å². The second-order valence-electron chi connectivity index (χ2n) is 8.78. The van der Waals surface area contributed by atoms with Crippen molar-refractivity contribution < 1.29 is 18.7 Å². The minimum absolute atomic E-state index is 0.0421. The van der Waals surface area contributed by atoms with Crippen molar-refractivity contribution in [2.45, 2.75) is 69.1 Å². The van der Waals surface area contributed by atoms with Crippen molar-refractivity contribution in [2.24, 2.45) is 0 Å². The van der Waals surface area contributed by atoms with Crippen molar-refractivity contribution >= 4 is 25.4 Å². The molecular formula is C16H24FN5O4Si. The van der Waals surface area contributed by atoms with Gasteiger partial charge in [-0.25, -0.2) is 9.37 Å². The Hall–Kier alpha value is -1.82. The zero-order valence-corrected chi connectivity index (χ0v) is 16.9. The molecule has 0 bridgehead atoms. The van der Waals surface area contributed by atoms with Crippen LogP contribution >= 0.6 is 0 Å². The molecule has 1 aliphatic heterocycles. The highest BCUT2D eigenvalue weighted by Gasteiger charge is 2.80. The first-order valence-electron chi connectivity index (χ1n) is 8.80. The number of hydrogen-bond donors (Lipinski definition) is 3. The minimum Gasteiger partial charge on any atom is -0.403 e. The first kappa shape index (κ1) is 18.5. The molecule has 3 heterocycles. The van der Waals surface area contributed by atoms with Crippen molar-refractivity contribution in [3.05, 3.63) is 16.7 Å². The molecule has 11 heteroatoms. The number of nitrogens with one attached hydrogen (secondary N) is 1. The van der Waals surface area contributed by atoms with E-state index >= 15 is 4.39 Å². The van der Waals surface area contributed by atoms with Crippen LogP contribution in [0.25, 0.3) is 11.2 Å². The highest BCUT2D eigenvalue weighted by atomic mass is 28.4. The minimum atomic E-state index is -2.37. The van der Waals surface area contributed by atoms with E-state index in [0.29, 0.717) is 0 Å². The normalized spacial score (nSPS) is 33.4. The van der Waals surface area contributed by atoms with Crippen LogP contribution in [0.15, 0.2) is 11.1 Å². The third-order valence-electron chi connectivity index (χ3n) is 6.01. The fourth-order valence-corrected chi connectivity index (χ4v) is 4.92. The Morgan fingerprint density at radius 3 is 2.78 bits per heavy atom. The van der Waals surface area contributed by atoms with Crippen LogP contribution in [0, 0.1) is 0 Å². The molecule has 2 fully saturated rings. The van der Waals surface area contributed by atoms with Gasteiger partial charge in [0.25, 0.3) is 5.56 Å². The lowest BCUT2D eigenvalue weighted by Gasteiger charge is -2.40. The number of ether oxygens (including phenoxy) is 1. The molecule has 1 aliphatic carbocycles. The number of alkyl halides is 1. The van der Waals surface area contributed by atoms with Gasteiger partial charge < -0.3 is 20.0 Å². The van der Waals surface area contributed by atoms with Gasteiger partial charge in [-0.15, -0.1) is 0 Å². The zero-order valence-electron chi connectivity index (χ0n) is 15.9. The van der Waals surface area contributed by atoms with Crippen molar-refractivity contribution in [3.8, 4) is 0 Å². The van der Waals surface area contributed by atoms with Crippen LogP contribution in [0.2, 0.25) is 18.1 Å².